The van der Waals surface area contributed by atoms with E-state index in [0.717, 1.165) is 0 Å². The molecule has 1 aliphatic heterocycles. The Balaban J connectivity index is 0.000000791. The van der Waals surface area contributed by atoms with E-state index in [1.807, 2.05) is 13.8 Å². The van der Waals surface area contributed by atoms with Gasteiger partial charge in [0.25, 0.3) is 0 Å². The summed E-state index contributed by atoms with van der Waals surface area (Å²) in [6, 6.07) is 0. The summed E-state index contributed by atoms with van der Waals surface area (Å²) in [7, 11) is 2.25. The van der Waals surface area contributed by atoms with Gasteiger partial charge in [-0.15, -0.1) is 0 Å². The molecule has 1 fully saturated rings. The highest BCUT2D eigenvalue weighted by Crippen LogP contribution is 2.37. The lowest BCUT2D eigenvalue weighted by atomic mass is 9.78. The zero-order valence-corrected chi connectivity index (χ0v) is 11.3. The van der Waals surface area contributed by atoms with E-state index < -0.39 is 0 Å². The van der Waals surface area contributed by atoms with E-state index in [1.165, 1.54) is 25.8 Å². The normalized spacial score (nSPS) is 25.9. The third kappa shape index (κ3) is 4.00. The van der Waals surface area contributed by atoms with E-state index in [9.17, 15) is 0 Å². The van der Waals surface area contributed by atoms with Crippen LogP contribution in [-0.4, -0.2) is 24.0 Å². The van der Waals surface area contributed by atoms with Crippen molar-refractivity contribution in [1.82, 2.24) is 4.90 Å². The summed E-state index contributed by atoms with van der Waals surface area (Å²) < 4.78 is 0. The molecule has 0 bridgehead atoms. The molecular weight excluding hydrogens is 170 g/mol. The van der Waals surface area contributed by atoms with E-state index in [4.69, 9.17) is 0 Å². The Morgan fingerprint density at radius 1 is 1.00 bits per heavy atom. The van der Waals surface area contributed by atoms with Crippen LogP contribution in [0.2, 0.25) is 0 Å². The first-order valence-corrected chi connectivity index (χ1v) is 6.05. The summed E-state index contributed by atoms with van der Waals surface area (Å²) in [5, 5.41) is 0. The molecular formula is C13H29N. The second kappa shape index (κ2) is 5.16. The maximum Gasteiger partial charge on any atom is 0.0155 e. The van der Waals surface area contributed by atoms with Gasteiger partial charge in [0, 0.05) is 5.54 Å². The van der Waals surface area contributed by atoms with Gasteiger partial charge in [0.1, 0.15) is 0 Å². The quantitative estimate of drug-likeness (QED) is 0.571. The van der Waals surface area contributed by atoms with Gasteiger partial charge in [-0.3, -0.25) is 0 Å². The summed E-state index contributed by atoms with van der Waals surface area (Å²) in [5.41, 5.74) is 0.925. The van der Waals surface area contributed by atoms with Gasteiger partial charge in [-0.2, -0.15) is 0 Å². The molecule has 1 heteroatoms. The van der Waals surface area contributed by atoms with Gasteiger partial charge in [0.05, 0.1) is 0 Å². The molecule has 1 aliphatic rings. The van der Waals surface area contributed by atoms with Crippen LogP contribution in [0.1, 0.15) is 60.8 Å². The summed E-state index contributed by atoms with van der Waals surface area (Å²) >= 11 is 0. The van der Waals surface area contributed by atoms with Crippen molar-refractivity contribution >= 4 is 0 Å². The zero-order valence-electron chi connectivity index (χ0n) is 11.3. The summed E-state index contributed by atoms with van der Waals surface area (Å²) in [6.07, 6.45) is 4.05. The van der Waals surface area contributed by atoms with Crippen molar-refractivity contribution in [3.05, 3.63) is 0 Å². The Morgan fingerprint density at radius 2 is 1.50 bits per heavy atom. The first-order chi connectivity index (χ1) is 6.33. The fraction of sp³-hybridized carbons (Fsp3) is 1.00. The van der Waals surface area contributed by atoms with Crippen molar-refractivity contribution in [2.24, 2.45) is 5.41 Å². The largest absolute Gasteiger partial charge is 0.301 e. The molecule has 0 amide bonds. The monoisotopic (exact) mass is 199 g/mol. The molecule has 0 aliphatic carbocycles. The van der Waals surface area contributed by atoms with Gasteiger partial charge in [0.2, 0.25) is 0 Å². The van der Waals surface area contributed by atoms with Crippen LogP contribution in [-0.2, 0) is 0 Å². The van der Waals surface area contributed by atoms with Gasteiger partial charge >= 0.3 is 0 Å². The molecule has 0 N–H and O–H groups in total. The van der Waals surface area contributed by atoms with Crippen LogP contribution in [0.25, 0.3) is 0 Å². The maximum atomic E-state index is 2.50. The van der Waals surface area contributed by atoms with Gasteiger partial charge < -0.3 is 4.90 Å². The smallest absolute Gasteiger partial charge is 0.0155 e. The van der Waals surface area contributed by atoms with Crippen molar-refractivity contribution in [3.8, 4) is 0 Å². The van der Waals surface area contributed by atoms with Crippen LogP contribution in [0, 0.1) is 5.41 Å². The average molecular weight is 199 g/mol. The van der Waals surface area contributed by atoms with Crippen molar-refractivity contribution in [2.75, 3.05) is 13.6 Å². The van der Waals surface area contributed by atoms with Crippen LogP contribution in [0.5, 0.6) is 0 Å². The first kappa shape index (κ1) is 14.0. The van der Waals surface area contributed by atoms with Crippen molar-refractivity contribution < 1.29 is 0 Å². The molecule has 86 valence electrons. The fourth-order valence-electron chi connectivity index (χ4n) is 2.49. The Hall–Kier alpha value is -0.0400. The molecule has 0 unspecified atom stereocenters. The maximum absolute atomic E-state index is 2.50. The molecule has 1 heterocycles. The van der Waals surface area contributed by atoms with Crippen LogP contribution >= 0.6 is 0 Å². The third-order valence-corrected chi connectivity index (χ3v) is 3.29. The van der Waals surface area contributed by atoms with Crippen LogP contribution < -0.4 is 0 Å². The Morgan fingerprint density at radius 3 is 2.00 bits per heavy atom. The summed E-state index contributed by atoms with van der Waals surface area (Å²) in [6.45, 7) is 14.8. The third-order valence-electron chi connectivity index (χ3n) is 3.29. The van der Waals surface area contributed by atoms with E-state index in [0.29, 0.717) is 11.0 Å². The highest BCUT2D eigenvalue weighted by atomic mass is 15.2. The standard InChI is InChI=1S/C11H23N.C2H6/c1-10(2)7-6-8-12(5)11(3,4)9-10;1-2/h6-9H2,1-5H3;1-2H3. The summed E-state index contributed by atoms with van der Waals surface area (Å²) in [4.78, 5) is 2.50. The van der Waals surface area contributed by atoms with E-state index in [2.05, 4.69) is 39.6 Å². The minimum Gasteiger partial charge on any atom is -0.301 e. The molecule has 14 heavy (non-hydrogen) atoms. The van der Waals surface area contributed by atoms with E-state index in [1.54, 1.807) is 0 Å². The molecule has 0 aromatic heterocycles. The molecule has 0 radical (unpaired) electrons. The predicted octanol–water partition coefficient (Wildman–Crippen LogP) is 3.93. The van der Waals surface area contributed by atoms with Gasteiger partial charge in [-0.05, 0) is 52.1 Å². The second-order valence-electron chi connectivity index (χ2n) is 5.68. The predicted molar refractivity (Wildman–Crippen MR) is 65.7 cm³/mol. The molecule has 1 saturated heterocycles. The van der Waals surface area contributed by atoms with Crippen LogP contribution in [0.15, 0.2) is 0 Å². The first-order valence-electron chi connectivity index (χ1n) is 6.05. The average Bonchev–Trinajstić information content (AvgIpc) is 2.12. The Kier molecular flexibility index (Phi) is 5.14. The molecule has 0 spiro atoms. The lowest BCUT2D eigenvalue weighted by Gasteiger charge is -2.37. The lowest BCUT2D eigenvalue weighted by Crippen LogP contribution is -2.42. The molecule has 0 aromatic carbocycles. The van der Waals surface area contributed by atoms with Gasteiger partial charge in [0.15, 0.2) is 0 Å². The Bertz CT molecular complexity index is 159. The van der Waals surface area contributed by atoms with Gasteiger partial charge in [-0.25, -0.2) is 0 Å². The topological polar surface area (TPSA) is 3.24 Å². The number of likely N-dealkylation sites (tertiary alicyclic amines) is 1. The fourth-order valence-corrected chi connectivity index (χ4v) is 2.49. The number of nitrogens with zero attached hydrogens (tertiary/aromatic N) is 1. The van der Waals surface area contributed by atoms with Crippen LogP contribution in [0.3, 0.4) is 0 Å². The lowest BCUT2D eigenvalue weighted by molar-refractivity contribution is 0.127. The minimum absolute atomic E-state index is 0.389. The van der Waals surface area contributed by atoms with Gasteiger partial charge in [-0.1, -0.05) is 27.7 Å². The highest BCUT2D eigenvalue weighted by molar-refractivity contribution is 4.89. The molecule has 1 rings (SSSR count). The molecule has 0 atom stereocenters. The van der Waals surface area contributed by atoms with E-state index >= 15 is 0 Å². The number of hydrogen-bond acceptors (Lipinski definition) is 1. The Labute approximate surface area is 90.9 Å². The van der Waals surface area contributed by atoms with E-state index in [-0.39, 0.29) is 0 Å². The number of rotatable bonds is 0. The zero-order chi connectivity index (χ0) is 11.4. The number of hydrogen-bond donors (Lipinski definition) is 0. The molecule has 1 nitrogen and oxygen atoms in total. The highest BCUT2D eigenvalue weighted by Gasteiger charge is 2.34. The molecule has 0 saturated carbocycles. The van der Waals surface area contributed by atoms with Crippen molar-refractivity contribution in [1.29, 1.82) is 0 Å². The van der Waals surface area contributed by atoms with Crippen molar-refractivity contribution in [2.45, 2.75) is 66.3 Å². The van der Waals surface area contributed by atoms with Crippen LogP contribution in [0.4, 0.5) is 0 Å². The minimum atomic E-state index is 0.389. The molecule has 0 aromatic rings. The second-order valence-corrected chi connectivity index (χ2v) is 5.68. The van der Waals surface area contributed by atoms with Crippen molar-refractivity contribution in [3.63, 3.8) is 0 Å². The SMILES string of the molecule is CC.CN1CCCC(C)(C)CC1(C)C. The summed E-state index contributed by atoms with van der Waals surface area (Å²) in [5.74, 6) is 0.